The van der Waals surface area contributed by atoms with Gasteiger partial charge in [-0.15, -0.1) is 0 Å². The predicted octanol–water partition coefficient (Wildman–Crippen LogP) is 3.32. The lowest BCUT2D eigenvalue weighted by atomic mass is 10.3. The summed E-state index contributed by atoms with van der Waals surface area (Å²) in [5.41, 5.74) is 2.25. The number of hydrogen-bond acceptors (Lipinski definition) is 3. The third kappa shape index (κ3) is 2.55. The fourth-order valence-electron chi connectivity index (χ4n) is 1.99. The van der Waals surface area contributed by atoms with Crippen LogP contribution in [0.1, 0.15) is 16.1 Å². The second kappa shape index (κ2) is 5.26. The Balaban J connectivity index is 1.84. The van der Waals surface area contributed by atoms with Gasteiger partial charge in [-0.05, 0) is 34.5 Å². The van der Waals surface area contributed by atoms with Gasteiger partial charge >= 0.3 is 0 Å². The van der Waals surface area contributed by atoms with E-state index in [0.717, 1.165) is 5.56 Å². The molecule has 4 nitrogen and oxygen atoms in total. The summed E-state index contributed by atoms with van der Waals surface area (Å²) in [4.78, 5) is 18.3. The quantitative estimate of drug-likeness (QED) is 0.744. The van der Waals surface area contributed by atoms with Crippen molar-refractivity contribution in [3.8, 4) is 0 Å². The molecule has 3 aromatic heterocycles. The average molecular weight is 306 g/mol. The van der Waals surface area contributed by atoms with E-state index in [1.165, 1.54) is 0 Å². The minimum absolute atomic E-state index is 0.101. The van der Waals surface area contributed by atoms with Gasteiger partial charge in [0.05, 0.1) is 5.02 Å². The number of thiophene rings is 1. The Morgan fingerprint density at radius 2 is 2.25 bits per heavy atom. The minimum Gasteiger partial charge on any atom is -0.336 e. The third-order valence-corrected chi connectivity index (χ3v) is 3.94. The molecule has 0 saturated heterocycles. The summed E-state index contributed by atoms with van der Waals surface area (Å²) in [5, 5.41) is 4.65. The van der Waals surface area contributed by atoms with E-state index < -0.39 is 0 Å². The number of halogens is 1. The zero-order valence-corrected chi connectivity index (χ0v) is 12.4. The van der Waals surface area contributed by atoms with E-state index in [2.05, 4.69) is 4.98 Å². The molecule has 0 fully saturated rings. The van der Waals surface area contributed by atoms with Crippen LogP contribution in [-0.4, -0.2) is 27.2 Å². The molecule has 3 aromatic rings. The van der Waals surface area contributed by atoms with Crippen LogP contribution >= 0.6 is 22.9 Å². The number of rotatable bonds is 3. The molecule has 0 spiro atoms. The van der Waals surface area contributed by atoms with Crippen molar-refractivity contribution in [1.82, 2.24) is 14.3 Å². The molecule has 0 aromatic carbocycles. The lowest BCUT2D eigenvalue weighted by Gasteiger charge is -2.14. The number of hydrogen-bond donors (Lipinski definition) is 0. The van der Waals surface area contributed by atoms with Crippen LogP contribution in [0.2, 0.25) is 5.02 Å². The number of pyridine rings is 1. The van der Waals surface area contributed by atoms with E-state index in [1.807, 2.05) is 16.8 Å². The summed E-state index contributed by atoms with van der Waals surface area (Å²) < 4.78 is 1.76. The van der Waals surface area contributed by atoms with E-state index in [-0.39, 0.29) is 5.91 Å². The Morgan fingerprint density at radius 1 is 1.40 bits per heavy atom. The summed E-state index contributed by atoms with van der Waals surface area (Å²) in [6, 6.07) is 5.56. The molecular formula is C14H12ClN3OS. The van der Waals surface area contributed by atoms with Crippen LogP contribution in [0.3, 0.4) is 0 Å². The second-order valence-electron chi connectivity index (χ2n) is 4.53. The summed E-state index contributed by atoms with van der Waals surface area (Å²) >= 11 is 7.54. The maximum absolute atomic E-state index is 12.3. The van der Waals surface area contributed by atoms with Crippen molar-refractivity contribution in [3.05, 3.63) is 57.6 Å². The normalized spacial score (nSPS) is 10.9. The van der Waals surface area contributed by atoms with Gasteiger partial charge in [-0.3, -0.25) is 4.79 Å². The molecule has 3 rings (SSSR count). The Kier molecular flexibility index (Phi) is 3.46. The van der Waals surface area contributed by atoms with Crippen LogP contribution in [0.25, 0.3) is 5.65 Å². The fourth-order valence-corrected chi connectivity index (χ4v) is 2.82. The number of fused-ring (bicyclic) bond motifs is 1. The molecular weight excluding hydrogens is 294 g/mol. The highest BCUT2D eigenvalue weighted by atomic mass is 35.5. The van der Waals surface area contributed by atoms with Crippen molar-refractivity contribution in [1.29, 1.82) is 0 Å². The van der Waals surface area contributed by atoms with Crippen molar-refractivity contribution >= 4 is 34.5 Å². The molecule has 0 saturated carbocycles. The molecule has 20 heavy (non-hydrogen) atoms. The molecule has 0 bridgehead atoms. The molecule has 0 N–H and O–H groups in total. The summed E-state index contributed by atoms with van der Waals surface area (Å²) in [5.74, 6) is -0.101. The maximum Gasteiger partial charge on any atom is 0.274 e. The van der Waals surface area contributed by atoms with Gasteiger partial charge < -0.3 is 9.30 Å². The first kappa shape index (κ1) is 13.1. The topological polar surface area (TPSA) is 37.6 Å². The highest BCUT2D eigenvalue weighted by Gasteiger charge is 2.16. The van der Waals surface area contributed by atoms with Crippen molar-refractivity contribution in [3.63, 3.8) is 0 Å². The van der Waals surface area contributed by atoms with Crippen LogP contribution in [0.5, 0.6) is 0 Å². The Morgan fingerprint density at radius 3 is 3.00 bits per heavy atom. The Bertz CT molecular complexity index is 751. The lowest BCUT2D eigenvalue weighted by Crippen LogP contribution is -2.26. The Hall–Kier alpha value is -1.85. The number of imidazole rings is 1. The number of nitrogens with zero attached hydrogens (tertiary/aromatic N) is 3. The van der Waals surface area contributed by atoms with E-state index in [0.29, 0.717) is 22.9 Å². The average Bonchev–Trinajstić information content (AvgIpc) is 3.06. The summed E-state index contributed by atoms with van der Waals surface area (Å²) in [7, 11) is 1.77. The van der Waals surface area contributed by atoms with Gasteiger partial charge in [0.2, 0.25) is 0 Å². The molecule has 0 aliphatic rings. The minimum atomic E-state index is -0.101. The van der Waals surface area contributed by atoms with Gasteiger partial charge in [-0.25, -0.2) is 4.98 Å². The first-order chi connectivity index (χ1) is 9.63. The number of carbonyl (C=O) groups is 1. The SMILES string of the molecule is CN(Cc1ccsc1)C(=O)c1cn2cc(Cl)ccc2n1. The molecule has 0 unspecified atom stereocenters. The monoisotopic (exact) mass is 305 g/mol. The van der Waals surface area contributed by atoms with E-state index in [9.17, 15) is 4.79 Å². The van der Waals surface area contributed by atoms with Gasteiger partial charge in [0, 0.05) is 26.0 Å². The maximum atomic E-state index is 12.3. The van der Waals surface area contributed by atoms with E-state index in [4.69, 9.17) is 11.6 Å². The number of aromatic nitrogens is 2. The molecule has 0 radical (unpaired) electrons. The molecule has 6 heteroatoms. The van der Waals surface area contributed by atoms with E-state index in [1.54, 1.807) is 52.2 Å². The van der Waals surface area contributed by atoms with Gasteiger partial charge in [-0.1, -0.05) is 11.6 Å². The first-order valence-electron chi connectivity index (χ1n) is 6.04. The van der Waals surface area contributed by atoms with Crippen LogP contribution in [0.15, 0.2) is 41.4 Å². The van der Waals surface area contributed by atoms with Crippen molar-refractivity contribution in [2.75, 3.05) is 7.05 Å². The molecule has 1 amide bonds. The summed E-state index contributed by atoms with van der Waals surface area (Å²) in [6.07, 6.45) is 3.44. The predicted molar refractivity (Wildman–Crippen MR) is 80.3 cm³/mol. The fraction of sp³-hybridized carbons (Fsp3) is 0.143. The van der Waals surface area contributed by atoms with Crippen LogP contribution in [-0.2, 0) is 6.54 Å². The summed E-state index contributed by atoms with van der Waals surface area (Å²) in [6.45, 7) is 0.580. The zero-order chi connectivity index (χ0) is 14.1. The smallest absolute Gasteiger partial charge is 0.274 e. The standard InChI is InChI=1S/C14H12ClN3OS/c1-17(6-10-4-5-20-9-10)14(19)12-8-18-7-11(15)2-3-13(18)16-12/h2-5,7-9H,6H2,1H3. The molecule has 0 aliphatic heterocycles. The number of amides is 1. The van der Waals surface area contributed by atoms with Crippen LogP contribution in [0, 0.1) is 0 Å². The van der Waals surface area contributed by atoms with Crippen molar-refractivity contribution in [2.45, 2.75) is 6.54 Å². The van der Waals surface area contributed by atoms with E-state index >= 15 is 0 Å². The zero-order valence-electron chi connectivity index (χ0n) is 10.8. The number of carbonyl (C=O) groups excluding carboxylic acids is 1. The highest BCUT2D eigenvalue weighted by molar-refractivity contribution is 7.07. The van der Waals surface area contributed by atoms with Crippen molar-refractivity contribution in [2.24, 2.45) is 0 Å². The van der Waals surface area contributed by atoms with Crippen LogP contribution in [0.4, 0.5) is 0 Å². The largest absolute Gasteiger partial charge is 0.336 e. The Labute approximate surface area is 125 Å². The van der Waals surface area contributed by atoms with Gasteiger partial charge in [0.1, 0.15) is 11.3 Å². The first-order valence-corrected chi connectivity index (χ1v) is 7.36. The lowest BCUT2D eigenvalue weighted by molar-refractivity contribution is 0.0780. The molecule has 0 atom stereocenters. The van der Waals surface area contributed by atoms with Crippen LogP contribution < -0.4 is 0 Å². The highest BCUT2D eigenvalue weighted by Crippen LogP contribution is 2.14. The third-order valence-electron chi connectivity index (χ3n) is 2.98. The second-order valence-corrected chi connectivity index (χ2v) is 5.75. The van der Waals surface area contributed by atoms with Gasteiger partial charge in [0.15, 0.2) is 0 Å². The van der Waals surface area contributed by atoms with Crippen molar-refractivity contribution < 1.29 is 4.79 Å². The molecule has 0 aliphatic carbocycles. The van der Waals surface area contributed by atoms with Gasteiger partial charge in [0.25, 0.3) is 5.91 Å². The molecule has 3 heterocycles. The molecule has 102 valence electrons. The van der Waals surface area contributed by atoms with Gasteiger partial charge in [-0.2, -0.15) is 11.3 Å².